The quantitative estimate of drug-likeness (QED) is 0.839. The lowest BCUT2D eigenvalue weighted by atomic mass is 9.83. The first-order valence-electron chi connectivity index (χ1n) is 7.07. The van der Waals surface area contributed by atoms with E-state index < -0.39 is 15.1 Å². The van der Waals surface area contributed by atoms with Crippen molar-refractivity contribution in [1.82, 2.24) is 0 Å². The number of benzene rings is 1. The third-order valence-corrected chi connectivity index (χ3v) is 6.64. The van der Waals surface area contributed by atoms with Crippen molar-refractivity contribution in [2.45, 2.75) is 50.2 Å². The Balaban J connectivity index is 2.48. The maximum absolute atomic E-state index is 12.9. The molecule has 1 fully saturated rings. The molecule has 0 heterocycles. The second kappa shape index (κ2) is 5.57. The Labute approximate surface area is 121 Å². The van der Waals surface area contributed by atoms with Crippen LogP contribution in [0.15, 0.2) is 23.1 Å². The van der Waals surface area contributed by atoms with Gasteiger partial charge in [0.05, 0.1) is 22.1 Å². The average molecular weight is 291 g/mol. The Morgan fingerprint density at radius 3 is 2.60 bits per heavy atom. The normalized spacial score (nSPS) is 27.0. The van der Waals surface area contributed by atoms with E-state index in [-0.39, 0.29) is 5.92 Å². The number of hydrogen-bond acceptors (Lipinski definition) is 3. The molecule has 1 aliphatic carbocycles. The fourth-order valence-electron chi connectivity index (χ4n) is 3.00. The minimum absolute atomic E-state index is 0.365. The molecule has 1 saturated carbocycles. The van der Waals surface area contributed by atoms with Crippen molar-refractivity contribution in [2.75, 3.05) is 0 Å². The number of aryl methyl sites for hydroxylation is 2. The van der Waals surface area contributed by atoms with Crippen molar-refractivity contribution in [1.29, 1.82) is 5.26 Å². The smallest absolute Gasteiger partial charge is 0.182 e. The maximum Gasteiger partial charge on any atom is 0.182 e. The van der Waals surface area contributed by atoms with E-state index in [1.54, 1.807) is 6.07 Å². The highest BCUT2D eigenvalue weighted by molar-refractivity contribution is 7.92. The monoisotopic (exact) mass is 291 g/mol. The predicted octanol–water partition coefficient (Wildman–Crippen LogP) is 3.41. The van der Waals surface area contributed by atoms with E-state index in [1.807, 2.05) is 26.0 Å². The van der Waals surface area contributed by atoms with Gasteiger partial charge in [0, 0.05) is 0 Å². The summed E-state index contributed by atoms with van der Waals surface area (Å²) in [5.74, 6) is -0.0133. The molecule has 0 spiro atoms. The highest BCUT2D eigenvalue weighted by atomic mass is 32.2. The topological polar surface area (TPSA) is 57.9 Å². The zero-order valence-corrected chi connectivity index (χ0v) is 13.1. The lowest BCUT2D eigenvalue weighted by Crippen LogP contribution is -2.35. The molecule has 1 aromatic carbocycles. The van der Waals surface area contributed by atoms with Crippen LogP contribution in [-0.4, -0.2) is 13.7 Å². The van der Waals surface area contributed by atoms with Crippen LogP contribution in [0.2, 0.25) is 0 Å². The van der Waals surface area contributed by atoms with Gasteiger partial charge in [-0.3, -0.25) is 0 Å². The fourth-order valence-corrected chi connectivity index (χ4v) is 5.40. The highest BCUT2D eigenvalue weighted by Gasteiger charge is 2.39. The first kappa shape index (κ1) is 15.1. The van der Waals surface area contributed by atoms with Crippen LogP contribution in [0, 0.1) is 37.0 Å². The standard InChI is InChI=1S/C16H21NO2S/c1-11-4-6-13(3)15(8-11)20(18,19)16-9-12(2)5-7-14(16)10-17/h4,6,8,12,14,16H,5,7,9H2,1-3H3. The molecule has 20 heavy (non-hydrogen) atoms. The molecule has 3 unspecified atom stereocenters. The summed E-state index contributed by atoms with van der Waals surface area (Å²) in [5.41, 5.74) is 1.71. The number of nitriles is 1. The van der Waals surface area contributed by atoms with E-state index >= 15 is 0 Å². The van der Waals surface area contributed by atoms with Gasteiger partial charge in [0.25, 0.3) is 0 Å². The van der Waals surface area contributed by atoms with E-state index in [4.69, 9.17) is 0 Å². The number of hydrogen-bond donors (Lipinski definition) is 0. The summed E-state index contributed by atoms with van der Waals surface area (Å²) in [7, 11) is -3.43. The van der Waals surface area contributed by atoms with Crippen molar-refractivity contribution in [2.24, 2.45) is 11.8 Å². The average Bonchev–Trinajstić information content (AvgIpc) is 2.41. The molecule has 0 N–H and O–H groups in total. The van der Waals surface area contributed by atoms with Crippen LogP contribution in [0.4, 0.5) is 0 Å². The van der Waals surface area contributed by atoms with Crippen LogP contribution >= 0.6 is 0 Å². The van der Waals surface area contributed by atoms with Gasteiger partial charge in [0.2, 0.25) is 0 Å². The van der Waals surface area contributed by atoms with E-state index in [9.17, 15) is 13.7 Å². The fraction of sp³-hybridized carbons (Fsp3) is 0.562. The Hall–Kier alpha value is -1.34. The molecule has 2 rings (SSSR count). The Morgan fingerprint density at radius 1 is 1.25 bits per heavy atom. The molecule has 1 aromatic rings. The van der Waals surface area contributed by atoms with Crippen molar-refractivity contribution in [3.63, 3.8) is 0 Å². The molecule has 0 aliphatic heterocycles. The minimum Gasteiger partial charge on any atom is -0.223 e. The van der Waals surface area contributed by atoms with Crippen molar-refractivity contribution in [3.05, 3.63) is 29.3 Å². The van der Waals surface area contributed by atoms with Gasteiger partial charge in [0.1, 0.15) is 0 Å². The van der Waals surface area contributed by atoms with Crippen LogP contribution in [-0.2, 0) is 9.84 Å². The summed E-state index contributed by atoms with van der Waals surface area (Å²) in [6.45, 7) is 5.78. The van der Waals surface area contributed by atoms with E-state index in [0.29, 0.717) is 23.7 Å². The third kappa shape index (κ3) is 2.73. The second-order valence-electron chi connectivity index (χ2n) is 6.01. The number of nitrogens with zero attached hydrogens (tertiary/aromatic N) is 1. The molecule has 0 amide bonds. The van der Waals surface area contributed by atoms with Gasteiger partial charge in [-0.2, -0.15) is 5.26 Å². The van der Waals surface area contributed by atoms with Gasteiger partial charge in [-0.1, -0.05) is 19.1 Å². The van der Waals surface area contributed by atoms with Crippen LogP contribution in [0.3, 0.4) is 0 Å². The van der Waals surface area contributed by atoms with E-state index in [0.717, 1.165) is 17.5 Å². The summed E-state index contributed by atoms with van der Waals surface area (Å²) < 4.78 is 25.8. The Kier molecular flexibility index (Phi) is 4.19. The van der Waals surface area contributed by atoms with Crippen LogP contribution in [0.5, 0.6) is 0 Å². The predicted molar refractivity (Wildman–Crippen MR) is 79.0 cm³/mol. The Bertz CT molecular complexity index is 643. The first-order chi connectivity index (χ1) is 9.36. The zero-order valence-electron chi connectivity index (χ0n) is 12.3. The highest BCUT2D eigenvalue weighted by Crippen LogP contribution is 2.36. The van der Waals surface area contributed by atoms with E-state index in [2.05, 4.69) is 13.0 Å². The largest absolute Gasteiger partial charge is 0.223 e. The molecule has 1 aliphatic rings. The first-order valence-corrected chi connectivity index (χ1v) is 8.61. The molecule has 4 heteroatoms. The second-order valence-corrected chi connectivity index (χ2v) is 8.14. The Morgan fingerprint density at radius 2 is 1.95 bits per heavy atom. The van der Waals surface area contributed by atoms with Crippen LogP contribution in [0.1, 0.15) is 37.3 Å². The molecule has 0 bridgehead atoms. The molecule has 0 saturated heterocycles. The van der Waals surface area contributed by atoms with Crippen LogP contribution in [0.25, 0.3) is 0 Å². The summed E-state index contributed by atoms with van der Waals surface area (Å²) in [4.78, 5) is 0.400. The minimum atomic E-state index is -3.43. The van der Waals surface area contributed by atoms with Gasteiger partial charge in [0.15, 0.2) is 9.84 Å². The summed E-state index contributed by atoms with van der Waals surface area (Å²) in [5, 5.41) is 8.71. The summed E-state index contributed by atoms with van der Waals surface area (Å²) >= 11 is 0. The molecular formula is C16H21NO2S. The third-order valence-electron chi connectivity index (χ3n) is 4.27. The molecule has 0 aromatic heterocycles. The molecule has 3 atom stereocenters. The lowest BCUT2D eigenvalue weighted by Gasteiger charge is -2.31. The van der Waals surface area contributed by atoms with E-state index in [1.165, 1.54) is 0 Å². The maximum atomic E-state index is 12.9. The summed E-state index contributed by atoms with van der Waals surface area (Å²) in [6, 6.07) is 7.70. The molecule has 108 valence electrons. The molecular weight excluding hydrogens is 270 g/mol. The lowest BCUT2D eigenvalue weighted by molar-refractivity contribution is 0.334. The zero-order chi connectivity index (χ0) is 14.9. The van der Waals surface area contributed by atoms with Crippen molar-refractivity contribution in [3.8, 4) is 6.07 Å². The van der Waals surface area contributed by atoms with Crippen LogP contribution < -0.4 is 0 Å². The van der Waals surface area contributed by atoms with Gasteiger partial charge in [-0.15, -0.1) is 0 Å². The molecule has 0 radical (unpaired) electrons. The number of rotatable bonds is 2. The van der Waals surface area contributed by atoms with Gasteiger partial charge in [-0.05, 0) is 56.2 Å². The van der Waals surface area contributed by atoms with Crippen molar-refractivity contribution < 1.29 is 8.42 Å². The van der Waals surface area contributed by atoms with Gasteiger partial charge < -0.3 is 0 Å². The molecule has 3 nitrogen and oxygen atoms in total. The van der Waals surface area contributed by atoms with Crippen molar-refractivity contribution >= 4 is 9.84 Å². The van der Waals surface area contributed by atoms with Gasteiger partial charge >= 0.3 is 0 Å². The number of sulfone groups is 1. The SMILES string of the molecule is Cc1ccc(C)c(S(=O)(=O)C2CC(C)CCC2C#N)c1. The summed E-state index contributed by atoms with van der Waals surface area (Å²) in [6.07, 6.45) is 2.22. The van der Waals surface area contributed by atoms with Gasteiger partial charge in [-0.25, -0.2) is 8.42 Å².